The van der Waals surface area contributed by atoms with Crippen LogP contribution < -0.4 is 0 Å². The lowest BCUT2D eigenvalue weighted by Gasteiger charge is -1.96. The average Bonchev–Trinajstić information content (AvgIpc) is 2.62. The summed E-state index contributed by atoms with van der Waals surface area (Å²) in [6.45, 7) is 0. The van der Waals surface area contributed by atoms with Gasteiger partial charge in [0.25, 0.3) is 0 Å². The van der Waals surface area contributed by atoms with Crippen molar-refractivity contribution in [3.8, 4) is 11.5 Å². The van der Waals surface area contributed by atoms with Gasteiger partial charge in [0.15, 0.2) is 0 Å². The molecule has 2 aromatic rings. The predicted octanol–water partition coefficient (Wildman–Crippen LogP) is 3.13. The van der Waals surface area contributed by atoms with Crippen molar-refractivity contribution in [2.45, 2.75) is 0 Å². The van der Waals surface area contributed by atoms with Crippen LogP contribution in [0.4, 0.5) is 4.39 Å². The number of oxazole rings is 1. The summed E-state index contributed by atoms with van der Waals surface area (Å²) in [5.74, 6) is -0.0899. The molecule has 0 aliphatic rings. The molecule has 1 aromatic heterocycles. The van der Waals surface area contributed by atoms with E-state index in [9.17, 15) is 4.39 Å². The van der Waals surface area contributed by atoms with E-state index in [0.29, 0.717) is 11.5 Å². The van der Waals surface area contributed by atoms with E-state index in [0.717, 1.165) is 0 Å². The average molecular weight is 198 g/mol. The molecule has 0 aliphatic carbocycles. The van der Waals surface area contributed by atoms with Crippen molar-refractivity contribution in [3.63, 3.8) is 0 Å². The lowest BCUT2D eigenvalue weighted by atomic mass is 10.2. The number of rotatable bonds is 1. The van der Waals surface area contributed by atoms with Crippen LogP contribution in [0.1, 0.15) is 0 Å². The molecule has 0 radical (unpaired) electrons. The van der Waals surface area contributed by atoms with Gasteiger partial charge >= 0.3 is 0 Å². The van der Waals surface area contributed by atoms with E-state index in [1.165, 1.54) is 24.6 Å². The van der Waals surface area contributed by atoms with Crippen LogP contribution in [-0.4, -0.2) is 4.98 Å². The van der Waals surface area contributed by atoms with Crippen molar-refractivity contribution in [2.24, 2.45) is 0 Å². The van der Waals surface area contributed by atoms with Crippen molar-refractivity contribution in [1.29, 1.82) is 0 Å². The molecule has 0 spiro atoms. The first kappa shape index (κ1) is 8.26. The largest absolute Gasteiger partial charge is 0.445 e. The molecule has 13 heavy (non-hydrogen) atoms. The van der Waals surface area contributed by atoms with Gasteiger partial charge in [-0.25, -0.2) is 9.37 Å². The summed E-state index contributed by atoms with van der Waals surface area (Å²) in [5, 5.41) is 0.0929. The Kier molecular flexibility index (Phi) is 2.02. The summed E-state index contributed by atoms with van der Waals surface area (Å²) in [6.07, 6.45) is 2.93. The van der Waals surface area contributed by atoms with Crippen LogP contribution in [0, 0.1) is 5.82 Å². The van der Waals surface area contributed by atoms with Crippen molar-refractivity contribution in [1.82, 2.24) is 4.98 Å². The van der Waals surface area contributed by atoms with Gasteiger partial charge in [0.05, 0.1) is 11.2 Å². The highest BCUT2D eigenvalue weighted by Gasteiger charge is 2.05. The Balaban J connectivity index is 2.49. The minimum absolute atomic E-state index is 0.0929. The zero-order valence-electron chi connectivity index (χ0n) is 6.50. The van der Waals surface area contributed by atoms with E-state index in [-0.39, 0.29) is 5.02 Å². The van der Waals surface area contributed by atoms with Gasteiger partial charge < -0.3 is 4.42 Å². The van der Waals surface area contributed by atoms with E-state index in [1.54, 1.807) is 6.07 Å². The van der Waals surface area contributed by atoms with Crippen LogP contribution in [0.2, 0.25) is 5.02 Å². The molecule has 0 unspecified atom stereocenters. The summed E-state index contributed by atoms with van der Waals surface area (Å²) in [4.78, 5) is 3.88. The highest BCUT2D eigenvalue weighted by atomic mass is 35.5. The lowest BCUT2D eigenvalue weighted by molar-refractivity contribution is 0.572. The second-order valence-electron chi connectivity index (χ2n) is 2.47. The topological polar surface area (TPSA) is 26.0 Å². The van der Waals surface area contributed by atoms with Gasteiger partial charge in [-0.15, -0.1) is 0 Å². The second-order valence-corrected chi connectivity index (χ2v) is 2.87. The number of halogens is 2. The second kappa shape index (κ2) is 3.18. The number of benzene rings is 1. The monoisotopic (exact) mass is 197 g/mol. The highest BCUT2D eigenvalue weighted by molar-refractivity contribution is 6.30. The molecule has 4 heteroatoms. The third-order valence-electron chi connectivity index (χ3n) is 1.60. The van der Waals surface area contributed by atoms with Crippen LogP contribution in [0.5, 0.6) is 0 Å². The normalized spacial score (nSPS) is 10.3. The molecule has 2 rings (SSSR count). The third kappa shape index (κ3) is 1.55. The van der Waals surface area contributed by atoms with Gasteiger partial charge in [-0.1, -0.05) is 11.6 Å². The van der Waals surface area contributed by atoms with E-state index in [4.69, 9.17) is 16.0 Å². The van der Waals surface area contributed by atoms with Crippen molar-refractivity contribution < 1.29 is 8.81 Å². The summed E-state index contributed by atoms with van der Waals surface area (Å²) < 4.78 is 18.0. The smallest absolute Gasteiger partial charge is 0.225 e. The van der Waals surface area contributed by atoms with E-state index in [2.05, 4.69) is 4.98 Å². The molecule has 0 atom stereocenters. The van der Waals surface area contributed by atoms with Crippen molar-refractivity contribution in [3.05, 3.63) is 41.5 Å². The summed E-state index contributed by atoms with van der Waals surface area (Å²) in [7, 11) is 0. The molecule has 0 N–H and O–H groups in total. The molecule has 2 nitrogen and oxygen atoms in total. The van der Waals surface area contributed by atoms with E-state index < -0.39 is 5.82 Å². The number of nitrogens with zero attached hydrogens (tertiary/aromatic N) is 1. The molecular weight excluding hydrogens is 193 g/mol. The number of aromatic nitrogens is 1. The zero-order chi connectivity index (χ0) is 9.26. The van der Waals surface area contributed by atoms with Crippen LogP contribution in [-0.2, 0) is 0 Å². The van der Waals surface area contributed by atoms with Crippen LogP contribution in [0.25, 0.3) is 11.5 Å². The SMILES string of the molecule is Fc1cc(-c2ncco2)ccc1Cl. The fourth-order valence-corrected chi connectivity index (χ4v) is 1.11. The maximum atomic E-state index is 13.0. The molecule has 1 heterocycles. The van der Waals surface area contributed by atoms with Gasteiger partial charge in [-0.05, 0) is 18.2 Å². The Morgan fingerprint density at radius 1 is 1.38 bits per heavy atom. The maximum absolute atomic E-state index is 13.0. The van der Waals surface area contributed by atoms with Gasteiger partial charge in [0.1, 0.15) is 12.1 Å². The summed E-state index contributed by atoms with van der Waals surface area (Å²) in [5.41, 5.74) is 0.576. The minimum Gasteiger partial charge on any atom is -0.445 e. The van der Waals surface area contributed by atoms with Gasteiger partial charge in [-0.2, -0.15) is 0 Å². The molecule has 1 aromatic carbocycles. The number of hydrogen-bond acceptors (Lipinski definition) is 2. The van der Waals surface area contributed by atoms with Gasteiger partial charge in [-0.3, -0.25) is 0 Å². The molecular formula is C9H5ClFNO. The van der Waals surface area contributed by atoms with Crippen LogP contribution >= 0.6 is 11.6 Å². The molecule has 0 amide bonds. The zero-order valence-corrected chi connectivity index (χ0v) is 7.25. The Morgan fingerprint density at radius 3 is 2.85 bits per heavy atom. The molecule has 66 valence electrons. The maximum Gasteiger partial charge on any atom is 0.225 e. The Bertz CT molecular complexity index is 414. The Hall–Kier alpha value is -1.35. The van der Waals surface area contributed by atoms with Gasteiger partial charge in [0, 0.05) is 5.56 Å². The molecule has 0 saturated heterocycles. The standard InChI is InChI=1S/C9H5ClFNO/c10-7-2-1-6(5-8(7)11)9-12-3-4-13-9/h1-5H. The minimum atomic E-state index is -0.475. The molecule has 0 fully saturated rings. The first-order chi connectivity index (χ1) is 6.27. The summed E-state index contributed by atoms with van der Waals surface area (Å²) >= 11 is 5.52. The fourth-order valence-electron chi connectivity index (χ4n) is 0.995. The Morgan fingerprint density at radius 2 is 2.23 bits per heavy atom. The molecule has 0 aliphatic heterocycles. The summed E-state index contributed by atoms with van der Waals surface area (Å²) in [6, 6.07) is 4.40. The predicted molar refractivity (Wildman–Crippen MR) is 46.9 cm³/mol. The molecule has 0 bridgehead atoms. The molecule has 0 saturated carbocycles. The lowest BCUT2D eigenvalue weighted by Crippen LogP contribution is -1.80. The van der Waals surface area contributed by atoms with E-state index >= 15 is 0 Å². The van der Waals surface area contributed by atoms with Crippen molar-refractivity contribution in [2.75, 3.05) is 0 Å². The van der Waals surface area contributed by atoms with Crippen LogP contribution in [0.15, 0.2) is 35.1 Å². The quantitative estimate of drug-likeness (QED) is 0.702. The van der Waals surface area contributed by atoms with Gasteiger partial charge in [0.2, 0.25) is 5.89 Å². The number of hydrogen-bond donors (Lipinski definition) is 0. The third-order valence-corrected chi connectivity index (χ3v) is 1.91. The first-order valence-corrected chi connectivity index (χ1v) is 4.00. The first-order valence-electron chi connectivity index (χ1n) is 3.62. The Labute approximate surface area is 79.0 Å². The van der Waals surface area contributed by atoms with Crippen molar-refractivity contribution >= 4 is 11.6 Å². The highest BCUT2D eigenvalue weighted by Crippen LogP contribution is 2.22. The van der Waals surface area contributed by atoms with E-state index in [1.807, 2.05) is 0 Å². The van der Waals surface area contributed by atoms with Crippen LogP contribution in [0.3, 0.4) is 0 Å². The fraction of sp³-hybridized carbons (Fsp3) is 0.